The second-order valence-corrected chi connectivity index (χ2v) is 15.1. The van der Waals surface area contributed by atoms with Crippen molar-refractivity contribution < 1.29 is 32.8 Å². The molecule has 0 saturated carbocycles. The standard InChI is InChI=1S/C37H41N2.C9H12N.ClH.Pd/c1-22(2)27-15-11-16-28(23(3)4)34(27)38-21-39(35-29(24(5)6)17-12-18-30(35)25(7)8)37-32-20-10-14-26-13-9-19-31(33(26)32)36(37)38;1-10(2)8-9-6-4-3-5-7-9;;/h9-25H,1-8H3;3-6H,8H2,1-2H3;1H;/q2*-1;;/p-1. The van der Waals surface area contributed by atoms with Gasteiger partial charge in [0.25, 0.3) is 0 Å². The summed E-state index contributed by atoms with van der Waals surface area (Å²) in [5.74, 6) is 1.66. The van der Waals surface area contributed by atoms with Crippen molar-refractivity contribution in [2.75, 3.05) is 23.9 Å². The van der Waals surface area contributed by atoms with Crippen LogP contribution in [0.1, 0.15) is 118 Å². The van der Waals surface area contributed by atoms with Gasteiger partial charge < -0.3 is 27.1 Å². The number of para-hydroxylation sites is 2. The molecule has 0 fully saturated rings. The Kier molecular flexibility index (Phi) is 13.4. The Morgan fingerprint density at radius 2 is 0.980 bits per heavy atom. The average molecular weight is 790 g/mol. The number of halogens is 1. The van der Waals surface area contributed by atoms with Gasteiger partial charge in [-0.2, -0.15) is 30.3 Å². The first kappa shape index (κ1) is 40.4. The van der Waals surface area contributed by atoms with Crippen molar-refractivity contribution in [1.29, 1.82) is 0 Å². The first-order valence-electron chi connectivity index (χ1n) is 18.1. The minimum Gasteiger partial charge on any atom is -1.00 e. The largest absolute Gasteiger partial charge is 1.00 e. The van der Waals surface area contributed by atoms with Gasteiger partial charge in [0, 0.05) is 66.2 Å². The summed E-state index contributed by atoms with van der Waals surface area (Å²) in [6.07, 6.45) is 0. The Bertz CT molecular complexity index is 1810. The number of anilines is 2. The molecule has 0 bridgehead atoms. The summed E-state index contributed by atoms with van der Waals surface area (Å²) in [6, 6.07) is 38.6. The normalized spacial score (nSPS) is 13.3. The van der Waals surface area contributed by atoms with Gasteiger partial charge in [-0.15, -0.1) is 12.2 Å². The number of fused-ring (bicyclic) bond motifs is 2. The zero-order chi connectivity index (χ0) is 35.0. The molecule has 5 aromatic rings. The summed E-state index contributed by atoms with van der Waals surface area (Å²) < 4.78 is 0. The Labute approximate surface area is 327 Å². The van der Waals surface area contributed by atoms with Crippen LogP contribution < -0.4 is 22.2 Å². The molecule has 0 aromatic heterocycles. The van der Waals surface area contributed by atoms with Gasteiger partial charge in [0.2, 0.25) is 0 Å². The molecule has 0 amide bonds. The SMILES string of the molecule is CC(C)c1cccc(C(C)C)c1N1[CH-]N(c2c(C(C)C)cccc2C(C)C)C2=C1c1cccc3cccc2c13.CN(C)Cc1[c-]cccc1.[Cl-].[Pd]. The minimum absolute atomic E-state index is 0. The van der Waals surface area contributed by atoms with Crippen molar-refractivity contribution in [2.45, 2.75) is 85.6 Å². The molecule has 7 rings (SSSR count). The van der Waals surface area contributed by atoms with Crippen molar-refractivity contribution >= 4 is 33.5 Å². The molecule has 1 aliphatic heterocycles. The first-order valence-corrected chi connectivity index (χ1v) is 18.1. The van der Waals surface area contributed by atoms with Crippen LogP contribution >= 0.6 is 0 Å². The summed E-state index contributed by atoms with van der Waals surface area (Å²) >= 11 is 0. The molecular weight excluding hydrogens is 736 g/mol. The third kappa shape index (κ3) is 7.86. The predicted octanol–water partition coefficient (Wildman–Crippen LogP) is 9.17. The fraction of sp³-hybridized carbons (Fsp3) is 0.326. The Balaban J connectivity index is 0.000000422. The average Bonchev–Trinajstić information content (AvgIpc) is 3.62. The van der Waals surface area contributed by atoms with Crippen molar-refractivity contribution in [3.8, 4) is 0 Å². The molecule has 3 nitrogen and oxygen atoms in total. The maximum Gasteiger partial charge on any atom is 0.0431 e. The van der Waals surface area contributed by atoms with Gasteiger partial charge in [-0.25, -0.2) is 0 Å². The van der Waals surface area contributed by atoms with E-state index >= 15 is 0 Å². The summed E-state index contributed by atoms with van der Waals surface area (Å²) in [5, 5.41) is 2.68. The van der Waals surface area contributed by atoms with Gasteiger partial charge in [-0.1, -0.05) is 128 Å². The molecule has 0 radical (unpaired) electrons. The van der Waals surface area contributed by atoms with E-state index in [1.165, 1.54) is 72.5 Å². The molecular formula is C46H53ClN3Pd-3. The van der Waals surface area contributed by atoms with Gasteiger partial charge in [0.15, 0.2) is 0 Å². The fourth-order valence-corrected chi connectivity index (χ4v) is 7.50. The van der Waals surface area contributed by atoms with Crippen LogP contribution in [0.4, 0.5) is 11.4 Å². The van der Waals surface area contributed by atoms with Crippen LogP contribution in [0.2, 0.25) is 0 Å². The van der Waals surface area contributed by atoms with Crippen molar-refractivity contribution in [1.82, 2.24) is 4.90 Å². The molecule has 0 N–H and O–H groups in total. The summed E-state index contributed by atoms with van der Waals surface area (Å²) in [4.78, 5) is 7.21. The van der Waals surface area contributed by atoms with Crippen LogP contribution in [0.3, 0.4) is 0 Å². The minimum atomic E-state index is 0. The van der Waals surface area contributed by atoms with E-state index in [9.17, 15) is 0 Å². The van der Waals surface area contributed by atoms with E-state index in [0.717, 1.165) is 6.54 Å². The van der Waals surface area contributed by atoms with Crippen LogP contribution in [0.5, 0.6) is 0 Å². The topological polar surface area (TPSA) is 9.72 Å². The zero-order valence-electron chi connectivity index (χ0n) is 31.9. The first-order chi connectivity index (χ1) is 23.5. The number of hydrogen-bond acceptors (Lipinski definition) is 3. The van der Waals surface area contributed by atoms with Gasteiger partial charge >= 0.3 is 0 Å². The Morgan fingerprint density at radius 1 is 0.569 bits per heavy atom. The third-order valence-electron chi connectivity index (χ3n) is 9.78. The van der Waals surface area contributed by atoms with E-state index in [0.29, 0.717) is 23.7 Å². The molecule has 1 heterocycles. The van der Waals surface area contributed by atoms with Crippen LogP contribution in [0.15, 0.2) is 97.1 Å². The van der Waals surface area contributed by atoms with Crippen molar-refractivity contribution in [3.63, 3.8) is 0 Å². The molecule has 0 unspecified atom stereocenters. The van der Waals surface area contributed by atoms with Gasteiger partial charge in [0.1, 0.15) is 0 Å². The maximum absolute atomic E-state index is 3.16. The number of hydrogen-bond donors (Lipinski definition) is 0. The molecule has 0 spiro atoms. The van der Waals surface area contributed by atoms with Crippen molar-refractivity contribution in [3.05, 3.63) is 149 Å². The van der Waals surface area contributed by atoms with E-state index in [2.05, 4.69) is 176 Å². The Morgan fingerprint density at radius 3 is 1.33 bits per heavy atom. The fourth-order valence-electron chi connectivity index (χ4n) is 7.50. The molecule has 5 heteroatoms. The van der Waals surface area contributed by atoms with Gasteiger partial charge in [-0.05, 0) is 65.4 Å². The van der Waals surface area contributed by atoms with Crippen LogP contribution in [0.25, 0.3) is 22.2 Å². The Hall–Kier alpha value is -3.39. The van der Waals surface area contributed by atoms with Crippen LogP contribution in [-0.2, 0) is 27.0 Å². The van der Waals surface area contributed by atoms with E-state index in [-0.39, 0.29) is 32.8 Å². The molecule has 51 heavy (non-hydrogen) atoms. The van der Waals surface area contributed by atoms with Crippen molar-refractivity contribution in [2.24, 2.45) is 0 Å². The van der Waals surface area contributed by atoms with E-state index in [4.69, 9.17) is 0 Å². The van der Waals surface area contributed by atoms with E-state index < -0.39 is 0 Å². The second-order valence-electron chi connectivity index (χ2n) is 15.1. The molecule has 5 aromatic carbocycles. The third-order valence-corrected chi connectivity index (χ3v) is 9.78. The summed E-state index contributed by atoms with van der Waals surface area (Å²) in [5.41, 5.74) is 14.8. The monoisotopic (exact) mass is 788 g/mol. The smallest absolute Gasteiger partial charge is 0.0431 e. The summed E-state index contributed by atoms with van der Waals surface area (Å²) in [7, 11) is 4.11. The molecule has 272 valence electrons. The van der Waals surface area contributed by atoms with Crippen LogP contribution in [0, 0.1) is 12.7 Å². The second kappa shape index (κ2) is 17.0. The number of nitrogens with zero attached hydrogens (tertiary/aromatic N) is 3. The summed E-state index contributed by atoms with van der Waals surface area (Å²) in [6.45, 7) is 21.9. The molecule has 1 aliphatic carbocycles. The van der Waals surface area contributed by atoms with Crippen LogP contribution in [-0.4, -0.2) is 19.0 Å². The number of rotatable bonds is 8. The molecule has 0 saturated heterocycles. The van der Waals surface area contributed by atoms with Gasteiger partial charge in [0.05, 0.1) is 0 Å². The molecule has 2 aliphatic rings. The maximum atomic E-state index is 3.16. The van der Waals surface area contributed by atoms with E-state index in [1.807, 2.05) is 18.2 Å². The van der Waals surface area contributed by atoms with Gasteiger partial charge in [-0.3, -0.25) is 0 Å². The quantitative estimate of drug-likeness (QED) is 0.115. The molecule has 0 atom stereocenters. The number of benzene rings is 5. The predicted molar refractivity (Wildman–Crippen MR) is 212 cm³/mol. The zero-order valence-corrected chi connectivity index (χ0v) is 34.2. The van der Waals surface area contributed by atoms with E-state index in [1.54, 1.807) is 0 Å².